The molecule has 16 N–H and O–H groups in total. The number of unbranched alkanes of at least 4 members (excludes halogenated alkanes) is 5. The van der Waals surface area contributed by atoms with E-state index in [0.717, 1.165) is 89.3 Å². The fourth-order valence-electron chi connectivity index (χ4n) is 9.82. The number of hydrogen-bond donors (Lipinski definition) is 16. The number of nitrogens with one attached hydrogen (secondary N) is 13. The molecule has 3 aliphatic rings. The van der Waals surface area contributed by atoms with Crippen LogP contribution < -0.4 is 69.1 Å². The van der Waals surface area contributed by atoms with E-state index in [-0.39, 0.29) is 81.0 Å². The summed E-state index contributed by atoms with van der Waals surface area (Å²) in [6, 6.07) is 12.8. The van der Waals surface area contributed by atoms with Crippen LogP contribution in [0.1, 0.15) is 108 Å². The molecule has 2 aromatic rings. The zero-order chi connectivity index (χ0) is 60.1. The molecule has 5 rings (SSSR count). The maximum atomic E-state index is 14.2. The number of fused-ring (bicyclic) bond motifs is 15. The molecule has 4 atom stereocenters. The Morgan fingerprint density at radius 1 is 0.446 bits per heavy atom. The molecule has 3 heterocycles. The average Bonchev–Trinajstić information content (AvgIpc) is 3.58. The fourth-order valence-corrected chi connectivity index (χ4v) is 9.82. The molecular formula is C58H93N13O12. The normalized spacial score (nSPS) is 19.4. The highest BCUT2D eigenvalue weighted by Gasteiger charge is 2.33. The zero-order valence-corrected chi connectivity index (χ0v) is 48.3. The number of carbonyl (C=O) groups is 9. The second-order valence-corrected chi connectivity index (χ2v) is 22.1. The second kappa shape index (κ2) is 38.9. The Hall–Kier alpha value is -6.77. The first kappa shape index (κ1) is 68.7. The summed E-state index contributed by atoms with van der Waals surface area (Å²) in [5.74, 6) is -5.64. The fraction of sp³-hybridized carbons (Fsp3) is 0.638. The lowest BCUT2D eigenvalue weighted by atomic mass is 9.90. The molecule has 0 saturated carbocycles. The number of carboxylic acids is 3. The number of hydrogen-bond acceptors (Lipinski definition) is 15. The van der Waals surface area contributed by atoms with Crippen LogP contribution >= 0.6 is 0 Å². The molecule has 3 saturated heterocycles. The summed E-state index contributed by atoms with van der Waals surface area (Å²) in [5, 5.41) is 68.3. The molecular weight excluding hydrogens is 1070 g/mol. The van der Waals surface area contributed by atoms with Crippen LogP contribution in [-0.2, 0) is 51.2 Å². The van der Waals surface area contributed by atoms with Gasteiger partial charge in [-0.3, -0.25) is 28.8 Å². The molecule has 83 heavy (non-hydrogen) atoms. The van der Waals surface area contributed by atoms with Crippen LogP contribution in [-0.4, -0.2) is 190 Å². The minimum atomic E-state index is -1.51. The van der Waals surface area contributed by atoms with Crippen molar-refractivity contribution in [2.45, 2.75) is 139 Å². The molecule has 3 aliphatic heterocycles. The lowest BCUT2D eigenvalue weighted by Crippen LogP contribution is -2.66. The largest absolute Gasteiger partial charge is 0.481 e. The first-order chi connectivity index (χ1) is 39.9. The van der Waals surface area contributed by atoms with Gasteiger partial charge in [-0.05, 0) is 56.1 Å². The summed E-state index contributed by atoms with van der Waals surface area (Å²) in [5.41, 5.74) is 1.07. The summed E-state index contributed by atoms with van der Waals surface area (Å²) in [6.07, 6.45) is 4.57. The molecule has 462 valence electrons. The Labute approximate surface area is 487 Å². The Balaban J connectivity index is 1.21. The van der Waals surface area contributed by atoms with E-state index >= 15 is 0 Å². The van der Waals surface area contributed by atoms with E-state index in [9.17, 15) is 53.4 Å². The van der Waals surface area contributed by atoms with Gasteiger partial charge in [0.15, 0.2) is 0 Å². The van der Waals surface area contributed by atoms with E-state index in [4.69, 9.17) is 5.11 Å². The number of urea groups is 1. The molecule has 25 nitrogen and oxygen atoms in total. The van der Waals surface area contributed by atoms with E-state index in [1.165, 1.54) is 0 Å². The highest BCUT2D eigenvalue weighted by Crippen LogP contribution is 2.14. The van der Waals surface area contributed by atoms with Crippen molar-refractivity contribution in [1.29, 1.82) is 0 Å². The van der Waals surface area contributed by atoms with Gasteiger partial charge in [-0.15, -0.1) is 0 Å². The van der Waals surface area contributed by atoms with Gasteiger partial charge in [0.2, 0.25) is 29.5 Å². The predicted octanol–water partition coefficient (Wildman–Crippen LogP) is -0.149. The van der Waals surface area contributed by atoms with Crippen molar-refractivity contribution in [3.8, 4) is 0 Å². The number of benzene rings is 2. The van der Waals surface area contributed by atoms with Crippen molar-refractivity contribution >= 4 is 53.5 Å². The van der Waals surface area contributed by atoms with Gasteiger partial charge >= 0.3 is 23.9 Å². The molecule has 2 bridgehead atoms. The SMILES string of the molecule is CC12CNCCNCC(NC(=O)CCCC(=O)NC(Cc3ccccc3)C(=O)NC(Cc3ccccc3)C(=O)NCCCCCCCC(=O)NCCCCC(NC(=O)NC(CCC(=O)O)C(=O)O)C(=O)O)(CNCCNC1)CNCCNC2. The summed E-state index contributed by atoms with van der Waals surface area (Å²) in [7, 11) is 0. The van der Waals surface area contributed by atoms with Crippen LogP contribution in [0.3, 0.4) is 0 Å². The van der Waals surface area contributed by atoms with Crippen LogP contribution in [0.25, 0.3) is 0 Å². The maximum absolute atomic E-state index is 14.2. The third-order valence-electron chi connectivity index (χ3n) is 14.5. The van der Waals surface area contributed by atoms with Gasteiger partial charge in [0, 0.05) is 136 Å². The predicted molar refractivity (Wildman–Crippen MR) is 313 cm³/mol. The third-order valence-corrected chi connectivity index (χ3v) is 14.5. The van der Waals surface area contributed by atoms with Crippen molar-refractivity contribution in [3.63, 3.8) is 0 Å². The molecule has 7 amide bonds. The zero-order valence-electron chi connectivity index (χ0n) is 48.3. The molecule has 0 aromatic heterocycles. The highest BCUT2D eigenvalue weighted by atomic mass is 16.4. The average molecular weight is 1160 g/mol. The Morgan fingerprint density at radius 2 is 0.892 bits per heavy atom. The van der Waals surface area contributed by atoms with E-state index in [1.807, 2.05) is 60.7 Å². The van der Waals surface area contributed by atoms with Gasteiger partial charge in [0.05, 0.1) is 5.54 Å². The van der Waals surface area contributed by atoms with Gasteiger partial charge in [-0.2, -0.15) is 0 Å². The molecule has 4 unspecified atom stereocenters. The van der Waals surface area contributed by atoms with Crippen LogP contribution in [0.5, 0.6) is 0 Å². The molecule has 2 aromatic carbocycles. The molecule has 0 spiro atoms. The summed E-state index contributed by atoms with van der Waals surface area (Å²) in [6.45, 7) is 11.7. The number of amides is 7. The van der Waals surface area contributed by atoms with E-state index in [0.29, 0.717) is 51.9 Å². The quantitative estimate of drug-likeness (QED) is 0.0413. The van der Waals surface area contributed by atoms with Gasteiger partial charge in [0.25, 0.3) is 0 Å². The van der Waals surface area contributed by atoms with Crippen LogP contribution in [0.2, 0.25) is 0 Å². The second-order valence-electron chi connectivity index (χ2n) is 22.1. The first-order valence-electron chi connectivity index (χ1n) is 29.5. The number of carboxylic acid groups (broad SMARTS) is 3. The lowest BCUT2D eigenvalue weighted by molar-refractivity contribution is -0.141. The molecule has 25 heteroatoms. The third kappa shape index (κ3) is 29.4. The van der Waals surface area contributed by atoms with Gasteiger partial charge in [-0.1, -0.05) is 86.8 Å². The van der Waals surface area contributed by atoms with Crippen LogP contribution in [0.15, 0.2) is 60.7 Å². The standard InChI is InChI=1S/C58H93N13O12/c1-57-36-59-28-31-62-39-58(40-63-32-29-60-37-57,41-64-33-30-61-38-57)71-50(74)23-15-22-49(73)67-47(35-43-18-9-6-10-19-43)53(78)68-46(34-42-16-7-5-8-17-42)52(77)66-27-13-4-2-3-11-21-48(72)65-26-14-12-20-44(54(79)80)69-56(83)70-45(55(81)82)24-25-51(75)76/h5-10,16-19,44-47,59-64H,2-4,11-15,20-41H2,1H3,(H,65,72)(H,66,77)(H,67,73)(H,68,78)(H,71,74)(H,75,76)(H,79,80)(H,81,82)(H2,69,70,83). The maximum Gasteiger partial charge on any atom is 0.326 e. The smallest absolute Gasteiger partial charge is 0.326 e. The highest BCUT2D eigenvalue weighted by molar-refractivity contribution is 5.92. The number of aliphatic carboxylic acids is 3. The van der Waals surface area contributed by atoms with E-state index in [2.05, 4.69) is 76.0 Å². The van der Waals surface area contributed by atoms with Gasteiger partial charge in [-0.25, -0.2) is 14.4 Å². The van der Waals surface area contributed by atoms with Crippen molar-refractivity contribution in [3.05, 3.63) is 71.8 Å². The monoisotopic (exact) mass is 1160 g/mol. The molecule has 3 fully saturated rings. The van der Waals surface area contributed by atoms with Gasteiger partial charge in [0.1, 0.15) is 24.2 Å². The van der Waals surface area contributed by atoms with Gasteiger partial charge < -0.3 is 84.4 Å². The summed E-state index contributed by atoms with van der Waals surface area (Å²) in [4.78, 5) is 114. The number of carbonyl (C=O) groups excluding carboxylic acids is 6. The van der Waals surface area contributed by atoms with Crippen molar-refractivity contribution in [1.82, 2.24) is 69.1 Å². The molecule has 0 aliphatic carbocycles. The minimum absolute atomic E-state index is 0.00232. The minimum Gasteiger partial charge on any atom is -0.481 e. The van der Waals surface area contributed by atoms with E-state index < -0.39 is 71.9 Å². The topological polar surface area (TPSA) is 371 Å². The Morgan fingerprint density at radius 3 is 1.42 bits per heavy atom. The van der Waals surface area contributed by atoms with E-state index in [1.54, 1.807) is 0 Å². The Kier molecular flexibility index (Phi) is 32.2. The summed E-state index contributed by atoms with van der Waals surface area (Å²) >= 11 is 0. The van der Waals surface area contributed by atoms with Crippen molar-refractivity contribution in [2.75, 3.05) is 91.6 Å². The lowest BCUT2D eigenvalue weighted by Gasteiger charge is -2.37. The van der Waals surface area contributed by atoms with Crippen LogP contribution in [0.4, 0.5) is 4.79 Å². The molecule has 0 radical (unpaired) electrons. The Bertz CT molecular complexity index is 2270. The van der Waals surface area contributed by atoms with Crippen molar-refractivity contribution < 1.29 is 58.5 Å². The van der Waals surface area contributed by atoms with Crippen molar-refractivity contribution in [2.24, 2.45) is 5.41 Å². The first-order valence-corrected chi connectivity index (χ1v) is 29.5. The van der Waals surface area contributed by atoms with Crippen LogP contribution in [0, 0.1) is 5.41 Å². The number of rotatable bonds is 33. The summed E-state index contributed by atoms with van der Waals surface area (Å²) < 4.78 is 0.